The Hall–Kier alpha value is 0.0106. The minimum atomic E-state index is -2.10. The second-order valence-corrected chi connectivity index (χ2v) is 13.0. The highest BCUT2D eigenvalue weighted by Crippen LogP contribution is 2.21. The summed E-state index contributed by atoms with van der Waals surface area (Å²) in [6.45, 7) is 14.6. The Morgan fingerprint density at radius 3 is 2.38 bits per heavy atom. The molecule has 0 spiro atoms. The fraction of sp³-hybridized carbons (Fsp3) is 0.600. The molecule has 0 aromatic heterocycles. The monoisotopic (exact) mass is 273 g/mol. The van der Waals surface area contributed by atoms with Gasteiger partial charge >= 0.3 is 8.56 Å². The summed E-state index contributed by atoms with van der Waals surface area (Å²) >= 11 is 0. The van der Waals surface area contributed by atoms with Gasteiger partial charge in [-0.3, -0.25) is 0 Å². The highest BCUT2D eigenvalue weighted by atomic mass is 28.5. The molecule has 0 heterocycles. The number of rotatable bonds is 9. The van der Waals surface area contributed by atoms with Crippen molar-refractivity contribution in [2.75, 3.05) is 6.54 Å². The van der Waals surface area contributed by atoms with Crippen molar-refractivity contribution in [2.24, 2.45) is 5.73 Å². The Bertz CT molecular complexity index is 236. The van der Waals surface area contributed by atoms with Gasteiger partial charge < -0.3 is 14.0 Å². The number of nitrogens with two attached hydrogens (primary N) is 1. The summed E-state index contributed by atoms with van der Waals surface area (Å²) in [6, 6.07) is 0.939. The van der Waals surface area contributed by atoms with Crippen LogP contribution >= 0.6 is 0 Å². The Morgan fingerprint density at radius 2 is 1.94 bits per heavy atom. The van der Waals surface area contributed by atoms with Crippen LogP contribution in [0.3, 0.4) is 0 Å². The molecule has 0 rings (SSSR count). The molecule has 2 radical (unpaired) electrons. The van der Waals surface area contributed by atoms with Gasteiger partial charge in [0.05, 0.1) is 0 Å². The average Bonchev–Trinajstić information content (AvgIpc) is 2.23. The summed E-state index contributed by atoms with van der Waals surface area (Å²) in [5.74, 6) is 0. The molecule has 92 valence electrons. The molecular formula is C10H23NO2Si3. The predicted molar refractivity (Wildman–Crippen MR) is 75.9 cm³/mol. The van der Waals surface area contributed by atoms with Crippen molar-refractivity contribution in [1.82, 2.24) is 0 Å². The zero-order chi connectivity index (χ0) is 12.7. The normalized spacial score (nSPS) is 15.5. The Kier molecular flexibility index (Phi) is 7.36. The van der Waals surface area contributed by atoms with Gasteiger partial charge in [0.25, 0.3) is 0 Å². The standard InChI is InChI=1S/C10H23NO2Si3/c1-6-14-12-16(5,10-8-9-11)13-15(3,4)7-2/h6-7H,1-2,8-11H2,3-5H3. The molecule has 0 aromatic rings. The van der Waals surface area contributed by atoms with E-state index < -0.39 is 16.9 Å². The first-order valence-corrected chi connectivity index (χ1v) is 12.0. The minimum Gasteiger partial charge on any atom is -0.433 e. The molecule has 0 amide bonds. The maximum atomic E-state index is 6.22. The van der Waals surface area contributed by atoms with Gasteiger partial charge in [-0.2, -0.15) is 0 Å². The molecular weight excluding hydrogens is 250 g/mol. The molecule has 1 atom stereocenters. The summed E-state index contributed by atoms with van der Waals surface area (Å²) in [7, 11) is -3.57. The van der Waals surface area contributed by atoms with Crippen LogP contribution in [-0.2, 0) is 8.23 Å². The third-order valence-electron chi connectivity index (χ3n) is 2.16. The van der Waals surface area contributed by atoms with Gasteiger partial charge in [0, 0.05) is 0 Å². The molecule has 0 fully saturated rings. The first-order chi connectivity index (χ1) is 7.39. The second-order valence-electron chi connectivity index (χ2n) is 4.36. The summed E-state index contributed by atoms with van der Waals surface area (Å²) in [5.41, 5.74) is 9.28. The fourth-order valence-corrected chi connectivity index (χ4v) is 9.63. The van der Waals surface area contributed by atoms with E-state index in [1.54, 1.807) is 5.70 Å². The Morgan fingerprint density at radius 1 is 1.31 bits per heavy atom. The smallest absolute Gasteiger partial charge is 0.314 e. The lowest BCUT2D eigenvalue weighted by atomic mass is 10.5. The topological polar surface area (TPSA) is 44.5 Å². The fourth-order valence-electron chi connectivity index (χ4n) is 1.31. The molecule has 0 saturated carbocycles. The van der Waals surface area contributed by atoms with Crippen molar-refractivity contribution in [3.8, 4) is 0 Å². The molecule has 3 nitrogen and oxygen atoms in total. The highest BCUT2D eigenvalue weighted by Gasteiger charge is 2.36. The van der Waals surface area contributed by atoms with Crippen molar-refractivity contribution in [1.29, 1.82) is 0 Å². The molecule has 2 N–H and O–H groups in total. The summed E-state index contributed by atoms with van der Waals surface area (Å²) in [6.07, 6.45) is 0.950. The third-order valence-corrected chi connectivity index (χ3v) is 10.6. The van der Waals surface area contributed by atoms with Gasteiger partial charge in [0.1, 0.15) is 0 Å². The highest BCUT2D eigenvalue weighted by molar-refractivity contribution is 6.86. The van der Waals surface area contributed by atoms with Gasteiger partial charge in [0.2, 0.25) is 9.76 Å². The van der Waals surface area contributed by atoms with Crippen molar-refractivity contribution >= 4 is 26.6 Å². The van der Waals surface area contributed by atoms with E-state index in [0.29, 0.717) is 16.3 Å². The molecule has 0 saturated heterocycles. The Labute approximate surface area is 104 Å². The van der Waals surface area contributed by atoms with Crippen LogP contribution in [0.15, 0.2) is 24.6 Å². The van der Waals surface area contributed by atoms with E-state index in [1.165, 1.54) is 0 Å². The van der Waals surface area contributed by atoms with Gasteiger partial charge in [-0.15, -0.1) is 13.2 Å². The molecule has 0 aromatic carbocycles. The lowest BCUT2D eigenvalue weighted by molar-refractivity contribution is 0.401. The van der Waals surface area contributed by atoms with Gasteiger partial charge in [-0.25, -0.2) is 0 Å². The van der Waals surface area contributed by atoms with E-state index in [2.05, 4.69) is 32.8 Å². The van der Waals surface area contributed by atoms with E-state index in [-0.39, 0.29) is 0 Å². The number of hydrogen-bond donors (Lipinski definition) is 1. The van der Waals surface area contributed by atoms with Crippen molar-refractivity contribution in [3.05, 3.63) is 24.6 Å². The maximum Gasteiger partial charge on any atom is 0.314 e. The first kappa shape index (κ1) is 16.0. The zero-order valence-corrected chi connectivity index (χ0v) is 13.6. The SMILES string of the molecule is C=C[Si]O[Si](C)(CCCN)O[Si](C)(C)C=C. The quantitative estimate of drug-likeness (QED) is 0.655. The van der Waals surface area contributed by atoms with Crippen LogP contribution < -0.4 is 5.73 Å². The van der Waals surface area contributed by atoms with Crippen LogP contribution in [-0.4, -0.2) is 33.2 Å². The predicted octanol–water partition coefficient (Wildman–Crippen LogP) is 2.13. The van der Waals surface area contributed by atoms with Crippen LogP contribution in [0.2, 0.25) is 25.7 Å². The maximum absolute atomic E-state index is 6.22. The average molecular weight is 274 g/mol. The summed E-state index contributed by atoms with van der Waals surface area (Å²) < 4.78 is 12.1. The lowest BCUT2D eigenvalue weighted by Gasteiger charge is -2.34. The molecule has 16 heavy (non-hydrogen) atoms. The zero-order valence-electron chi connectivity index (χ0n) is 10.6. The van der Waals surface area contributed by atoms with Crippen molar-refractivity contribution in [3.63, 3.8) is 0 Å². The van der Waals surface area contributed by atoms with Crippen LogP contribution in [0.5, 0.6) is 0 Å². The minimum absolute atomic E-state index is 0.313. The van der Waals surface area contributed by atoms with Crippen molar-refractivity contribution in [2.45, 2.75) is 32.1 Å². The molecule has 6 heteroatoms. The summed E-state index contributed by atoms with van der Waals surface area (Å²) in [5, 5.41) is 0. The molecule has 0 bridgehead atoms. The van der Waals surface area contributed by atoms with Gasteiger partial charge in [-0.1, -0.05) is 11.4 Å². The molecule has 0 aliphatic heterocycles. The van der Waals surface area contributed by atoms with E-state index in [0.717, 1.165) is 12.5 Å². The van der Waals surface area contributed by atoms with Crippen LogP contribution in [0.1, 0.15) is 6.42 Å². The third kappa shape index (κ3) is 6.56. The lowest BCUT2D eigenvalue weighted by Crippen LogP contribution is -2.48. The van der Waals surface area contributed by atoms with E-state index in [4.69, 9.17) is 14.0 Å². The van der Waals surface area contributed by atoms with E-state index in [9.17, 15) is 0 Å². The van der Waals surface area contributed by atoms with Crippen molar-refractivity contribution < 1.29 is 8.23 Å². The van der Waals surface area contributed by atoms with E-state index in [1.807, 2.05) is 5.70 Å². The number of hydrogen-bond acceptors (Lipinski definition) is 3. The second kappa shape index (κ2) is 7.36. The summed E-state index contributed by atoms with van der Waals surface area (Å²) in [4.78, 5) is 0. The largest absolute Gasteiger partial charge is 0.433 e. The molecule has 0 aliphatic rings. The van der Waals surface area contributed by atoms with Gasteiger partial charge in [-0.05, 0) is 38.7 Å². The molecule has 0 aliphatic carbocycles. The van der Waals surface area contributed by atoms with Gasteiger partial charge in [0.15, 0.2) is 8.32 Å². The van der Waals surface area contributed by atoms with Crippen LogP contribution in [0.4, 0.5) is 0 Å². The Balaban J connectivity index is 4.50. The van der Waals surface area contributed by atoms with Crippen LogP contribution in [0, 0.1) is 0 Å². The van der Waals surface area contributed by atoms with Crippen LogP contribution in [0.25, 0.3) is 0 Å². The van der Waals surface area contributed by atoms with E-state index >= 15 is 0 Å². The first-order valence-electron chi connectivity index (χ1n) is 5.47. The molecule has 1 unspecified atom stereocenters.